The number of halogens is 3. The molecular weight excluding hydrogens is 259 g/mol. The van der Waals surface area contributed by atoms with E-state index < -0.39 is 23.2 Å². The zero-order chi connectivity index (χ0) is 14.1. The number of carboxylic acids is 1. The van der Waals surface area contributed by atoms with Crippen molar-refractivity contribution in [3.05, 3.63) is 35.4 Å². The Morgan fingerprint density at radius 2 is 1.95 bits per heavy atom. The van der Waals surface area contributed by atoms with E-state index in [4.69, 9.17) is 5.11 Å². The first-order chi connectivity index (χ1) is 8.83. The van der Waals surface area contributed by atoms with Gasteiger partial charge in [0, 0.05) is 0 Å². The fraction of sp³-hybridized carbons (Fsp3) is 0.462. The van der Waals surface area contributed by atoms with Crippen molar-refractivity contribution in [1.29, 1.82) is 0 Å². The number of hydrogen-bond donors (Lipinski definition) is 2. The molecule has 1 aromatic rings. The van der Waals surface area contributed by atoms with Crippen LogP contribution in [-0.4, -0.2) is 17.6 Å². The normalized spacial score (nSPS) is 23.5. The van der Waals surface area contributed by atoms with E-state index >= 15 is 0 Å². The predicted molar refractivity (Wildman–Crippen MR) is 62.6 cm³/mol. The first-order valence-electron chi connectivity index (χ1n) is 5.98. The molecule has 0 aromatic heterocycles. The highest BCUT2D eigenvalue weighted by Crippen LogP contribution is 2.36. The van der Waals surface area contributed by atoms with Crippen molar-refractivity contribution in [3.8, 4) is 0 Å². The van der Waals surface area contributed by atoms with E-state index in [9.17, 15) is 18.0 Å². The van der Waals surface area contributed by atoms with E-state index in [1.165, 1.54) is 12.1 Å². The van der Waals surface area contributed by atoms with Gasteiger partial charge in [0.15, 0.2) is 0 Å². The van der Waals surface area contributed by atoms with Crippen LogP contribution in [0.4, 0.5) is 13.2 Å². The summed E-state index contributed by atoms with van der Waals surface area (Å²) >= 11 is 0. The lowest BCUT2D eigenvalue weighted by Crippen LogP contribution is -2.39. The highest BCUT2D eigenvalue weighted by molar-refractivity contribution is 5.69. The number of carboxylic acid groups (broad SMARTS) is 1. The van der Waals surface area contributed by atoms with Crippen LogP contribution in [0, 0.1) is 0 Å². The standard InChI is InChI=1S/C13H14F3NO2/c14-13(15,16)10-4-2-9(3-5-10)12(8-11(18)19)6-1-7-17-12/h2-5,17H,1,6-8H2,(H,18,19). The van der Waals surface area contributed by atoms with Gasteiger partial charge in [0.25, 0.3) is 0 Å². The van der Waals surface area contributed by atoms with Crippen molar-refractivity contribution in [3.63, 3.8) is 0 Å². The summed E-state index contributed by atoms with van der Waals surface area (Å²) in [5.41, 5.74) is -0.865. The van der Waals surface area contributed by atoms with Crippen LogP contribution in [0.5, 0.6) is 0 Å². The highest BCUT2D eigenvalue weighted by Gasteiger charge is 2.38. The number of nitrogens with one attached hydrogen (secondary N) is 1. The van der Waals surface area contributed by atoms with Gasteiger partial charge < -0.3 is 10.4 Å². The molecule has 1 aliphatic rings. The summed E-state index contributed by atoms with van der Waals surface area (Å²) < 4.78 is 37.5. The summed E-state index contributed by atoms with van der Waals surface area (Å²) in [6.07, 6.45) is -3.07. The van der Waals surface area contributed by atoms with E-state index in [1.807, 2.05) is 0 Å². The quantitative estimate of drug-likeness (QED) is 0.890. The molecule has 0 amide bonds. The monoisotopic (exact) mass is 273 g/mol. The number of alkyl halides is 3. The molecule has 1 atom stereocenters. The van der Waals surface area contributed by atoms with Crippen LogP contribution >= 0.6 is 0 Å². The molecular formula is C13H14F3NO2. The Hall–Kier alpha value is -1.56. The van der Waals surface area contributed by atoms with Gasteiger partial charge >= 0.3 is 12.1 Å². The Morgan fingerprint density at radius 1 is 1.32 bits per heavy atom. The van der Waals surface area contributed by atoms with Crippen LogP contribution in [0.3, 0.4) is 0 Å². The molecule has 2 rings (SSSR count). The molecule has 0 aliphatic carbocycles. The van der Waals surface area contributed by atoms with Crippen molar-refractivity contribution in [2.24, 2.45) is 0 Å². The molecule has 0 radical (unpaired) electrons. The maximum absolute atomic E-state index is 12.5. The van der Waals surface area contributed by atoms with Crippen molar-refractivity contribution in [1.82, 2.24) is 5.32 Å². The third-order valence-corrected chi connectivity index (χ3v) is 3.46. The molecule has 0 saturated carbocycles. The number of aliphatic carboxylic acids is 1. The second kappa shape index (κ2) is 4.85. The molecule has 1 fully saturated rings. The second-order valence-electron chi connectivity index (χ2n) is 4.76. The molecule has 104 valence electrons. The fourth-order valence-electron chi connectivity index (χ4n) is 2.54. The van der Waals surface area contributed by atoms with Gasteiger partial charge in [0.1, 0.15) is 0 Å². The molecule has 6 heteroatoms. The molecule has 0 spiro atoms. The zero-order valence-electron chi connectivity index (χ0n) is 10.1. The summed E-state index contributed by atoms with van der Waals surface area (Å²) in [6, 6.07) is 4.73. The van der Waals surface area contributed by atoms with E-state index in [0.717, 1.165) is 18.6 Å². The highest BCUT2D eigenvalue weighted by atomic mass is 19.4. The summed E-state index contributed by atoms with van der Waals surface area (Å²) in [5.74, 6) is -0.964. The zero-order valence-corrected chi connectivity index (χ0v) is 10.1. The van der Waals surface area contributed by atoms with Gasteiger partial charge in [0.05, 0.1) is 17.5 Å². The fourth-order valence-corrected chi connectivity index (χ4v) is 2.54. The topological polar surface area (TPSA) is 49.3 Å². The van der Waals surface area contributed by atoms with Crippen LogP contribution in [0.25, 0.3) is 0 Å². The van der Waals surface area contributed by atoms with E-state index in [0.29, 0.717) is 18.5 Å². The van der Waals surface area contributed by atoms with Gasteiger partial charge in [-0.05, 0) is 37.1 Å². The molecule has 0 bridgehead atoms. The Kier molecular flexibility index (Phi) is 3.54. The molecule has 1 saturated heterocycles. The van der Waals surface area contributed by atoms with E-state index in [-0.39, 0.29) is 6.42 Å². The summed E-state index contributed by atoms with van der Waals surface area (Å²) in [7, 11) is 0. The van der Waals surface area contributed by atoms with Crippen LogP contribution in [-0.2, 0) is 16.5 Å². The largest absolute Gasteiger partial charge is 0.481 e. The first kappa shape index (κ1) is 13.9. The van der Waals surface area contributed by atoms with Crippen LogP contribution < -0.4 is 5.32 Å². The van der Waals surface area contributed by atoms with Crippen LogP contribution in [0.2, 0.25) is 0 Å². The minimum absolute atomic E-state index is 0.127. The van der Waals surface area contributed by atoms with Gasteiger partial charge in [-0.1, -0.05) is 12.1 Å². The molecule has 1 heterocycles. The Labute approximate surface area is 108 Å². The number of carbonyl (C=O) groups is 1. The van der Waals surface area contributed by atoms with E-state index in [2.05, 4.69) is 5.32 Å². The van der Waals surface area contributed by atoms with Crippen molar-refractivity contribution in [2.45, 2.75) is 31.0 Å². The average Bonchev–Trinajstić information content (AvgIpc) is 2.77. The second-order valence-corrected chi connectivity index (χ2v) is 4.76. The summed E-state index contributed by atoms with van der Waals surface area (Å²) in [6.45, 7) is 0.675. The SMILES string of the molecule is O=C(O)CC1(c2ccc(C(F)(F)F)cc2)CCCN1. The Bertz CT molecular complexity index is 462. The molecule has 1 aromatic carbocycles. The van der Waals surface area contributed by atoms with Crippen LogP contribution in [0.1, 0.15) is 30.4 Å². The average molecular weight is 273 g/mol. The van der Waals surface area contributed by atoms with Crippen LogP contribution in [0.15, 0.2) is 24.3 Å². The molecule has 2 N–H and O–H groups in total. The lowest BCUT2D eigenvalue weighted by atomic mass is 9.85. The number of rotatable bonds is 3. The third kappa shape index (κ3) is 2.89. The van der Waals surface area contributed by atoms with Crippen molar-refractivity contribution >= 4 is 5.97 Å². The third-order valence-electron chi connectivity index (χ3n) is 3.46. The van der Waals surface area contributed by atoms with Gasteiger partial charge in [-0.15, -0.1) is 0 Å². The lowest BCUT2D eigenvalue weighted by Gasteiger charge is -2.28. The maximum atomic E-state index is 12.5. The van der Waals surface area contributed by atoms with E-state index in [1.54, 1.807) is 0 Å². The minimum atomic E-state index is -4.37. The molecule has 19 heavy (non-hydrogen) atoms. The maximum Gasteiger partial charge on any atom is 0.416 e. The number of benzene rings is 1. The van der Waals surface area contributed by atoms with Crippen molar-refractivity contribution in [2.75, 3.05) is 6.54 Å². The molecule has 1 unspecified atom stereocenters. The number of hydrogen-bond acceptors (Lipinski definition) is 2. The van der Waals surface area contributed by atoms with Gasteiger partial charge in [0.2, 0.25) is 0 Å². The van der Waals surface area contributed by atoms with Gasteiger partial charge in [-0.3, -0.25) is 4.79 Å². The minimum Gasteiger partial charge on any atom is -0.481 e. The predicted octanol–water partition coefficient (Wildman–Crippen LogP) is 2.76. The van der Waals surface area contributed by atoms with Gasteiger partial charge in [-0.2, -0.15) is 13.2 Å². The lowest BCUT2D eigenvalue weighted by molar-refractivity contribution is -0.139. The smallest absolute Gasteiger partial charge is 0.416 e. The van der Waals surface area contributed by atoms with Gasteiger partial charge in [-0.25, -0.2) is 0 Å². The summed E-state index contributed by atoms with van der Waals surface area (Å²) in [5, 5.41) is 12.1. The summed E-state index contributed by atoms with van der Waals surface area (Å²) in [4.78, 5) is 10.9. The molecule has 3 nitrogen and oxygen atoms in total. The first-order valence-corrected chi connectivity index (χ1v) is 5.98. The Balaban J connectivity index is 2.31. The van der Waals surface area contributed by atoms with Crippen molar-refractivity contribution < 1.29 is 23.1 Å². The molecule has 1 aliphatic heterocycles. The Morgan fingerprint density at radius 3 is 2.37 bits per heavy atom.